The van der Waals surface area contributed by atoms with Crippen LogP contribution in [0.2, 0.25) is 0 Å². The molecule has 0 saturated carbocycles. The van der Waals surface area contributed by atoms with Crippen molar-refractivity contribution in [3.8, 4) is 0 Å². The quantitative estimate of drug-likeness (QED) is 0.770. The summed E-state index contributed by atoms with van der Waals surface area (Å²) in [6, 6.07) is -0.0413. The Labute approximate surface area is 114 Å². The van der Waals surface area contributed by atoms with E-state index in [0.29, 0.717) is 25.9 Å². The molecule has 0 aliphatic carbocycles. The van der Waals surface area contributed by atoms with E-state index in [1.54, 1.807) is 4.90 Å². The van der Waals surface area contributed by atoms with E-state index in [2.05, 4.69) is 0 Å². The lowest BCUT2D eigenvalue weighted by Gasteiger charge is -2.33. The van der Waals surface area contributed by atoms with Crippen molar-refractivity contribution in [2.24, 2.45) is 5.92 Å². The van der Waals surface area contributed by atoms with Gasteiger partial charge in [-0.25, -0.2) is 12.7 Å². The number of piperidine rings is 1. The third-order valence-electron chi connectivity index (χ3n) is 4.14. The maximum Gasteiger partial charge on any atom is 0.226 e. The molecule has 2 saturated heterocycles. The van der Waals surface area contributed by atoms with Gasteiger partial charge in [0, 0.05) is 25.6 Å². The lowest BCUT2D eigenvalue weighted by atomic mass is 9.96. The van der Waals surface area contributed by atoms with Crippen LogP contribution in [0.1, 0.15) is 25.7 Å². The number of amides is 1. The second kappa shape index (κ2) is 5.76. The molecule has 0 bridgehead atoms. The van der Waals surface area contributed by atoms with Crippen molar-refractivity contribution in [2.75, 3.05) is 32.5 Å². The summed E-state index contributed by atoms with van der Waals surface area (Å²) < 4.78 is 24.3. The van der Waals surface area contributed by atoms with Crippen LogP contribution in [-0.4, -0.2) is 67.2 Å². The SMILES string of the molecule is CS(=O)(=O)N1CCC(C(=O)N2CCC[C@@H]2CO)CC1. The molecule has 2 aliphatic heterocycles. The Bertz CT molecular complexity index is 429. The van der Waals surface area contributed by atoms with Gasteiger partial charge in [0.05, 0.1) is 18.9 Å². The minimum absolute atomic E-state index is 0.0218. The Kier molecular flexibility index (Phi) is 4.47. The third kappa shape index (κ3) is 3.27. The highest BCUT2D eigenvalue weighted by atomic mass is 32.2. The summed E-state index contributed by atoms with van der Waals surface area (Å²) in [5, 5.41) is 9.25. The zero-order chi connectivity index (χ0) is 14.0. The van der Waals surface area contributed by atoms with Crippen LogP contribution in [0.3, 0.4) is 0 Å². The molecule has 2 heterocycles. The minimum Gasteiger partial charge on any atom is -0.394 e. The van der Waals surface area contributed by atoms with Gasteiger partial charge in [0.25, 0.3) is 0 Å². The molecule has 2 rings (SSSR count). The molecular formula is C12H22N2O4S. The van der Waals surface area contributed by atoms with E-state index in [-0.39, 0.29) is 24.5 Å². The molecule has 2 aliphatic rings. The summed E-state index contributed by atoms with van der Waals surface area (Å²) in [7, 11) is -3.14. The largest absolute Gasteiger partial charge is 0.394 e. The summed E-state index contributed by atoms with van der Waals surface area (Å²) >= 11 is 0. The molecule has 0 aromatic carbocycles. The molecule has 1 atom stereocenters. The number of hydrogen-bond acceptors (Lipinski definition) is 4. The van der Waals surface area contributed by atoms with Crippen molar-refractivity contribution >= 4 is 15.9 Å². The van der Waals surface area contributed by atoms with Crippen LogP contribution in [0.4, 0.5) is 0 Å². The molecule has 6 nitrogen and oxygen atoms in total. The molecule has 19 heavy (non-hydrogen) atoms. The first-order chi connectivity index (χ1) is 8.93. The monoisotopic (exact) mass is 290 g/mol. The first-order valence-corrected chi connectivity index (χ1v) is 8.64. The van der Waals surface area contributed by atoms with E-state index in [1.165, 1.54) is 10.6 Å². The van der Waals surface area contributed by atoms with Gasteiger partial charge in [0.1, 0.15) is 0 Å². The molecule has 1 N–H and O–H groups in total. The van der Waals surface area contributed by atoms with E-state index < -0.39 is 10.0 Å². The Balaban J connectivity index is 1.92. The van der Waals surface area contributed by atoms with Crippen LogP contribution in [0.15, 0.2) is 0 Å². The second-order valence-corrected chi connectivity index (χ2v) is 7.43. The van der Waals surface area contributed by atoms with Crippen molar-refractivity contribution in [3.05, 3.63) is 0 Å². The van der Waals surface area contributed by atoms with Gasteiger partial charge in [0.2, 0.25) is 15.9 Å². The van der Waals surface area contributed by atoms with Gasteiger partial charge in [0.15, 0.2) is 0 Å². The molecule has 2 fully saturated rings. The van der Waals surface area contributed by atoms with Crippen LogP contribution >= 0.6 is 0 Å². The minimum atomic E-state index is -3.14. The number of carbonyl (C=O) groups is 1. The third-order valence-corrected chi connectivity index (χ3v) is 5.45. The van der Waals surface area contributed by atoms with Crippen molar-refractivity contribution in [1.29, 1.82) is 0 Å². The molecular weight excluding hydrogens is 268 g/mol. The summed E-state index contributed by atoms with van der Waals surface area (Å²) in [4.78, 5) is 14.2. The van der Waals surface area contributed by atoms with E-state index >= 15 is 0 Å². The highest BCUT2D eigenvalue weighted by Gasteiger charge is 2.35. The summed E-state index contributed by atoms with van der Waals surface area (Å²) in [6.45, 7) is 1.59. The highest BCUT2D eigenvalue weighted by molar-refractivity contribution is 7.88. The predicted octanol–water partition coefficient (Wildman–Crippen LogP) is -0.359. The van der Waals surface area contributed by atoms with Crippen LogP contribution in [-0.2, 0) is 14.8 Å². The second-order valence-electron chi connectivity index (χ2n) is 5.45. The molecule has 7 heteroatoms. The molecule has 0 unspecified atom stereocenters. The van der Waals surface area contributed by atoms with Crippen molar-refractivity contribution < 1.29 is 18.3 Å². The van der Waals surface area contributed by atoms with Crippen molar-refractivity contribution in [3.63, 3.8) is 0 Å². The number of likely N-dealkylation sites (tertiary alicyclic amines) is 1. The fourth-order valence-corrected chi connectivity index (χ4v) is 3.86. The highest BCUT2D eigenvalue weighted by Crippen LogP contribution is 2.25. The molecule has 0 aromatic heterocycles. The van der Waals surface area contributed by atoms with Gasteiger partial charge >= 0.3 is 0 Å². The molecule has 1 amide bonds. The molecule has 110 valence electrons. The fraction of sp³-hybridized carbons (Fsp3) is 0.917. The molecule has 0 spiro atoms. The van der Waals surface area contributed by atoms with Crippen LogP contribution < -0.4 is 0 Å². The zero-order valence-electron chi connectivity index (χ0n) is 11.3. The normalized spacial score (nSPS) is 26.8. The zero-order valence-corrected chi connectivity index (χ0v) is 12.1. The topological polar surface area (TPSA) is 77.9 Å². The lowest BCUT2D eigenvalue weighted by Crippen LogP contribution is -2.46. The number of hydrogen-bond donors (Lipinski definition) is 1. The van der Waals surface area contributed by atoms with Crippen molar-refractivity contribution in [1.82, 2.24) is 9.21 Å². The average molecular weight is 290 g/mol. The van der Waals surface area contributed by atoms with Crippen LogP contribution in [0.25, 0.3) is 0 Å². The van der Waals surface area contributed by atoms with Gasteiger partial charge in [-0.1, -0.05) is 0 Å². The standard InChI is InChI=1S/C12H22N2O4S/c1-19(17,18)13-7-4-10(5-8-13)12(16)14-6-2-3-11(14)9-15/h10-11,15H,2-9H2,1H3/t11-/m1/s1. The summed E-state index contributed by atoms with van der Waals surface area (Å²) in [5.74, 6) is -0.00477. The van der Waals surface area contributed by atoms with Crippen LogP contribution in [0.5, 0.6) is 0 Å². The van der Waals surface area contributed by atoms with E-state index in [0.717, 1.165) is 19.4 Å². The number of nitrogens with zero attached hydrogens (tertiary/aromatic N) is 2. The predicted molar refractivity (Wildman–Crippen MR) is 71.0 cm³/mol. The summed E-state index contributed by atoms with van der Waals surface area (Å²) in [5.41, 5.74) is 0. The first-order valence-electron chi connectivity index (χ1n) is 6.80. The van der Waals surface area contributed by atoms with E-state index in [9.17, 15) is 18.3 Å². The van der Waals surface area contributed by atoms with Gasteiger partial charge in [-0.05, 0) is 25.7 Å². The Hall–Kier alpha value is -0.660. The Morgan fingerprint density at radius 3 is 2.37 bits per heavy atom. The van der Waals surface area contributed by atoms with E-state index in [4.69, 9.17) is 0 Å². The number of rotatable bonds is 3. The maximum absolute atomic E-state index is 12.4. The summed E-state index contributed by atoms with van der Waals surface area (Å²) in [6.07, 6.45) is 4.18. The smallest absolute Gasteiger partial charge is 0.226 e. The lowest BCUT2D eigenvalue weighted by molar-refractivity contribution is -0.138. The number of aliphatic hydroxyl groups is 1. The van der Waals surface area contributed by atoms with Crippen molar-refractivity contribution in [2.45, 2.75) is 31.7 Å². The average Bonchev–Trinajstić information content (AvgIpc) is 2.85. The van der Waals surface area contributed by atoms with E-state index in [1.807, 2.05) is 0 Å². The van der Waals surface area contributed by atoms with Crippen LogP contribution in [0, 0.1) is 5.92 Å². The first kappa shape index (κ1) is 14.7. The van der Waals surface area contributed by atoms with Gasteiger partial charge in [-0.2, -0.15) is 0 Å². The van der Waals surface area contributed by atoms with Gasteiger partial charge < -0.3 is 10.0 Å². The van der Waals surface area contributed by atoms with Gasteiger partial charge in [-0.3, -0.25) is 4.79 Å². The molecule has 0 aromatic rings. The maximum atomic E-state index is 12.4. The fourth-order valence-electron chi connectivity index (χ4n) is 2.98. The Morgan fingerprint density at radius 2 is 1.84 bits per heavy atom. The van der Waals surface area contributed by atoms with Gasteiger partial charge in [-0.15, -0.1) is 0 Å². The molecule has 0 radical (unpaired) electrons. The number of aliphatic hydroxyl groups excluding tert-OH is 1. The number of sulfonamides is 1. The Morgan fingerprint density at radius 1 is 1.21 bits per heavy atom. The number of carbonyl (C=O) groups excluding carboxylic acids is 1.